The molecule has 31 heavy (non-hydrogen) atoms. The molecule has 1 aromatic carbocycles. The van der Waals surface area contributed by atoms with Crippen molar-refractivity contribution >= 4 is 17.4 Å². The molecule has 7 nitrogen and oxygen atoms in total. The summed E-state index contributed by atoms with van der Waals surface area (Å²) in [6.07, 6.45) is 3.80. The standard InChI is InChI=1S/C24H28N2O5/c1-16(2)15-31-19-9-7-17(8-10-19)22(27)20-21(18-6-4-11-25-14-18)26(12-5-13-30-3)24(29)23(20)28/h4,6-11,14,16,21,27H,5,12-13,15H2,1-3H3/b22-20+/t21-/m0/s1. The van der Waals surface area contributed by atoms with Crippen LogP contribution in [0.1, 0.15) is 37.4 Å². The zero-order chi connectivity index (χ0) is 22.4. The molecule has 0 spiro atoms. The van der Waals surface area contributed by atoms with E-state index in [1.807, 2.05) is 0 Å². The molecule has 1 fully saturated rings. The number of likely N-dealkylation sites (tertiary alicyclic amines) is 1. The molecular formula is C24H28N2O5. The highest BCUT2D eigenvalue weighted by atomic mass is 16.5. The van der Waals surface area contributed by atoms with E-state index in [0.29, 0.717) is 49.0 Å². The van der Waals surface area contributed by atoms with Gasteiger partial charge in [0.1, 0.15) is 11.5 Å². The van der Waals surface area contributed by atoms with E-state index in [0.717, 1.165) is 0 Å². The Balaban J connectivity index is 1.98. The van der Waals surface area contributed by atoms with Crippen molar-refractivity contribution in [3.63, 3.8) is 0 Å². The van der Waals surface area contributed by atoms with Crippen molar-refractivity contribution < 1.29 is 24.2 Å². The van der Waals surface area contributed by atoms with Crippen LogP contribution >= 0.6 is 0 Å². The number of pyridine rings is 1. The van der Waals surface area contributed by atoms with Gasteiger partial charge in [-0.3, -0.25) is 14.6 Å². The number of carbonyl (C=O) groups excluding carboxylic acids is 2. The Morgan fingerprint density at radius 2 is 1.94 bits per heavy atom. The van der Waals surface area contributed by atoms with Crippen molar-refractivity contribution in [3.8, 4) is 5.75 Å². The number of hydrogen-bond donors (Lipinski definition) is 1. The van der Waals surface area contributed by atoms with Crippen molar-refractivity contribution in [3.05, 3.63) is 65.5 Å². The van der Waals surface area contributed by atoms with E-state index >= 15 is 0 Å². The first-order valence-electron chi connectivity index (χ1n) is 10.3. The summed E-state index contributed by atoms with van der Waals surface area (Å²) in [4.78, 5) is 31.3. The summed E-state index contributed by atoms with van der Waals surface area (Å²) in [6, 6.07) is 9.68. The van der Waals surface area contributed by atoms with Crippen molar-refractivity contribution in [2.24, 2.45) is 5.92 Å². The molecule has 164 valence electrons. The second-order valence-corrected chi connectivity index (χ2v) is 7.85. The van der Waals surface area contributed by atoms with Gasteiger partial charge in [-0.2, -0.15) is 0 Å². The highest BCUT2D eigenvalue weighted by Crippen LogP contribution is 2.39. The number of aliphatic hydroxyl groups is 1. The molecule has 1 N–H and O–H groups in total. The van der Waals surface area contributed by atoms with Crippen molar-refractivity contribution in [1.82, 2.24) is 9.88 Å². The van der Waals surface area contributed by atoms with Crippen LogP contribution in [0.15, 0.2) is 54.4 Å². The van der Waals surface area contributed by atoms with Crippen LogP contribution in [0.5, 0.6) is 5.75 Å². The summed E-state index contributed by atoms with van der Waals surface area (Å²) >= 11 is 0. The first kappa shape index (κ1) is 22.5. The molecule has 1 aliphatic rings. The second-order valence-electron chi connectivity index (χ2n) is 7.85. The molecule has 0 saturated carbocycles. The number of benzene rings is 1. The third-order valence-electron chi connectivity index (χ3n) is 5.00. The van der Waals surface area contributed by atoms with Gasteiger partial charge in [-0.15, -0.1) is 0 Å². The Morgan fingerprint density at radius 3 is 2.55 bits per heavy atom. The molecule has 3 rings (SSSR count). The number of ether oxygens (including phenoxy) is 2. The van der Waals surface area contributed by atoms with E-state index < -0.39 is 17.7 Å². The number of Topliss-reactive ketones (excluding diaryl/α,β-unsaturated/α-hetero) is 1. The lowest BCUT2D eigenvalue weighted by Gasteiger charge is -2.25. The van der Waals surface area contributed by atoms with Crippen molar-refractivity contribution in [2.45, 2.75) is 26.3 Å². The Labute approximate surface area is 182 Å². The molecule has 0 unspecified atom stereocenters. The van der Waals surface area contributed by atoms with E-state index in [1.54, 1.807) is 55.9 Å². The predicted molar refractivity (Wildman–Crippen MR) is 117 cm³/mol. The van der Waals surface area contributed by atoms with Crippen molar-refractivity contribution in [2.75, 3.05) is 26.9 Å². The van der Waals surface area contributed by atoms with E-state index in [9.17, 15) is 14.7 Å². The lowest BCUT2D eigenvalue weighted by molar-refractivity contribution is -0.140. The van der Waals surface area contributed by atoms with Gasteiger partial charge in [0.2, 0.25) is 0 Å². The number of amides is 1. The van der Waals surface area contributed by atoms with Gasteiger partial charge in [-0.25, -0.2) is 0 Å². The number of aliphatic hydroxyl groups excluding tert-OH is 1. The first-order chi connectivity index (χ1) is 14.9. The Bertz CT molecular complexity index is 938. The van der Waals surface area contributed by atoms with Gasteiger partial charge in [0.05, 0.1) is 18.2 Å². The van der Waals surface area contributed by atoms with E-state index in [1.165, 1.54) is 4.90 Å². The van der Waals surface area contributed by atoms with Gasteiger partial charge in [0, 0.05) is 38.2 Å². The maximum Gasteiger partial charge on any atom is 0.295 e. The number of aromatic nitrogens is 1. The van der Waals surface area contributed by atoms with Crippen LogP contribution in [0.25, 0.3) is 5.76 Å². The zero-order valence-electron chi connectivity index (χ0n) is 18.1. The topological polar surface area (TPSA) is 89.0 Å². The third kappa shape index (κ3) is 5.11. The summed E-state index contributed by atoms with van der Waals surface area (Å²) in [5.41, 5.74) is 1.17. The largest absolute Gasteiger partial charge is 0.507 e. The average Bonchev–Trinajstić information content (AvgIpc) is 3.03. The van der Waals surface area contributed by atoms with Gasteiger partial charge in [0.15, 0.2) is 0 Å². The van der Waals surface area contributed by atoms with Crippen LogP contribution in [0, 0.1) is 5.92 Å². The number of rotatable bonds is 9. The number of hydrogen-bond acceptors (Lipinski definition) is 6. The number of methoxy groups -OCH3 is 1. The Hall–Kier alpha value is -3.19. The minimum absolute atomic E-state index is 0.0614. The van der Waals surface area contributed by atoms with Crippen LogP contribution in [-0.2, 0) is 14.3 Å². The van der Waals surface area contributed by atoms with Crippen LogP contribution in [0.2, 0.25) is 0 Å². The summed E-state index contributed by atoms with van der Waals surface area (Å²) in [6.45, 7) is 5.49. The molecule has 0 aliphatic carbocycles. The summed E-state index contributed by atoms with van der Waals surface area (Å²) < 4.78 is 10.8. The molecular weight excluding hydrogens is 396 g/mol. The fraction of sp³-hybridized carbons (Fsp3) is 0.375. The van der Waals surface area contributed by atoms with Crippen LogP contribution in [0.3, 0.4) is 0 Å². The number of carbonyl (C=O) groups is 2. The molecule has 1 amide bonds. The minimum Gasteiger partial charge on any atom is -0.507 e. The second kappa shape index (κ2) is 10.2. The van der Waals surface area contributed by atoms with E-state index in [4.69, 9.17) is 9.47 Å². The molecule has 1 atom stereocenters. The third-order valence-corrected chi connectivity index (χ3v) is 5.00. The monoisotopic (exact) mass is 424 g/mol. The summed E-state index contributed by atoms with van der Waals surface area (Å²) in [5, 5.41) is 11.0. The van der Waals surface area contributed by atoms with Crippen LogP contribution < -0.4 is 4.74 Å². The van der Waals surface area contributed by atoms with Gasteiger partial charge in [-0.05, 0) is 48.2 Å². The molecule has 2 heterocycles. The normalized spacial score (nSPS) is 18.1. The average molecular weight is 424 g/mol. The summed E-state index contributed by atoms with van der Waals surface area (Å²) in [5.74, 6) is -0.486. The van der Waals surface area contributed by atoms with E-state index in [-0.39, 0.29) is 11.3 Å². The molecule has 1 saturated heterocycles. The molecule has 1 aliphatic heterocycles. The fourth-order valence-corrected chi connectivity index (χ4v) is 3.50. The lowest BCUT2D eigenvalue weighted by atomic mass is 9.96. The van der Waals surface area contributed by atoms with Crippen LogP contribution in [-0.4, -0.2) is 53.5 Å². The SMILES string of the molecule is COCCCN1C(=O)C(=O)/C(=C(/O)c2ccc(OCC(C)C)cc2)[C@@H]1c1cccnc1. The lowest BCUT2D eigenvalue weighted by Crippen LogP contribution is -2.31. The molecule has 7 heteroatoms. The van der Waals surface area contributed by atoms with Gasteiger partial charge in [0.25, 0.3) is 11.7 Å². The van der Waals surface area contributed by atoms with E-state index in [2.05, 4.69) is 18.8 Å². The molecule has 1 aromatic heterocycles. The first-order valence-corrected chi connectivity index (χ1v) is 10.3. The highest BCUT2D eigenvalue weighted by molar-refractivity contribution is 6.46. The highest BCUT2D eigenvalue weighted by Gasteiger charge is 2.45. The maximum atomic E-state index is 12.9. The number of ketones is 1. The minimum atomic E-state index is -0.706. The van der Waals surface area contributed by atoms with Gasteiger partial charge < -0.3 is 19.5 Å². The smallest absolute Gasteiger partial charge is 0.295 e. The quantitative estimate of drug-likeness (QED) is 0.286. The zero-order valence-corrected chi connectivity index (χ0v) is 18.1. The summed E-state index contributed by atoms with van der Waals surface area (Å²) in [7, 11) is 1.58. The van der Waals surface area contributed by atoms with Gasteiger partial charge >= 0.3 is 0 Å². The van der Waals surface area contributed by atoms with Crippen molar-refractivity contribution in [1.29, 1.82) is 0 Å². The maximum absolute atomic E-state index is 12.9. The Morgan fingerprint density at radius 1 is 1.19 bits per heavy atom. The van der Waals surface area contributed by atoms with Crippen LogP contribution in [0.4, 0.5) is 0 Å². The Kier molecular flexibility index (Phi) is 7.41. The van der Waals surface area contributed by atoms with Gasteiger partial charge in [-0.1, -0.05) is 19.9 Å². The fourth-order valence-electron chi connectivity index (χ4n) is 3.50. The molecule has 0 radical (unpaired) electrons. The number of nitrogens with zero attached hydrogens (tertiary/aromatic N) is 2. The molecule has 0 bridgehead atoms. The predicted octanol–water partition coefficient (Wildman–Crippen LogP) is 3.57. The molecule has 2 aromatic rings.